The number of amides is 3. The largest absolute Gasteiger partial charge is 0.391 e. The highest BCUT2D eigenvalue weighted by Gasteiger charge is 2.35. The van der Waals surface area contributed by atoms with Crippen molar-refractivity contribution in [1.82, 2.24) is 15.2 Å². The number of nitrogens with one attached hydrogen (secondary N) is 1. The van der Waals surface area contributed by atoms with Crippen molar-refractivity contribution in [3.05, 3.63) is 70.9 Å². The van der Waals surface area contributed by atoms with E-state index in [1.165, 1.54) is 41.4 Å². The molecule has 1 aliphatic rings. The number of hydrogen-bond donors (Lipinski definition) is 2. The molecule has 1 aromatic heterocycles. The van der Waals surface area contributed by atoms with Crippen LogP contribution in [0.15, 0.2) is 48.7 Å². The molecule has 3 amide bonds. The highest BCUT2D eigenvalue weighted by atomic mass is 35.5. The summed E-state index contributed by atoms with van der Waals surface area (Å²) in [5, 5.41) is 14.8. The average Bonchev–Trinajstić information content (AvgIpc) is 3.20. The second-order valence-corrected chi connectivity index (χ2v) is 8.21. The van der Waals surface area contributed by atoms with Crippen LogP contribution in [-0.2, 0) is 16.2 Å². The third-order valence-electron chi connectivity index (χ3n) is 5.51. The van der Waals surface area contributed by atoms with Crippen LogP contribution in [0.1, 0.15) is 12.0 Å². The topological polar surface area (TPSA) is 95.0 Å². The summed E-state index contributed by atoms with van der Waals surface area (Å²) in [6.07, 6.45) is 1.36. The maximum absolute atomic E-state index is 13.6. The fourth-order valence-corrected chi connectivity index (χ4v) is 3.99. The van der Waals surface area contributed by atoms with E-state index in [1.54, 1.807) is 12.1 Å². The minimum absolute atomic E-state index is 0.00632. The van der Waals surface area contributed by atoms with Gasteiger partial charge < -0.3 is 15.3 Å². The Labute approximate surface area is 198 Å². The first-order valence-electron chi connectivity index (χ1n) is 10.4. The van der Waals surface area contributed by atoms with E-state index in [4.69, 9.17) is 16.4 Å². The molecule has 0 spiro atoms. The number of hydrogen-bond acceptors (Lipinski definition) is 5. The number of fused-ring (bicyclic) bond motifs is 1. The van der Waals surface area contributed by atoms with Gasteiger partial charge in [0.2, 0.25) is 6.41 Å². The molecule has 1 aliphatic heterocycles. The molecular formula is C23H21ClF2N4O4. The number of anilines is 1. The van der Waals surface area contributed by atoms with Crippen molar-refractivity contribution in [2.24, 2.45) is 0 Å². The molecule has 2 N–H and O–H groups in total. The van der Waals surface area contributed by atoms with Crippen molar-refractivity contribution < 1.29 is 28.3 Å². The molecule has 2 atom stereocenters. The maximum atomic E-state index is 13.6. The number of nitrogens with zero attached hydrogens (tertiary/aromatic N) is 3. The van der Waals surface area contributed by atoms with Crippen LogP contribution >= 0.6 is 11.6 Å². The summed E-state index contributed by atoms with van der Waals surface area (Å²) in [6.45, 7) is -0.0498. The Morgan fingerprint density at radius 2 is 2.12 bits per heavy atom. The molecule has 0 radical (unpaired) electrons. The zero-order valence-electron chi connectivity index (χ0n) is 17.8. The van der Waals surface area contributed by atoms with Gasteiger partial charge in [-0.2, -0.15) is 5.06 Å². The fraction of sp³-hybridized carbons (Fsp3) is 0.261. The molecular weight excluding hydrogens is 470 g/mol. The van der Waals surface area contributed by atoms with Gasteiger partial charge in [-0.25, -0.2) is 18.6 Å². The second kappa shape index (κ2) is 10.3. The van der Waals surface area contributed by atoms with Crippen molar-refractivity contribution in [2.45, 2.75) is 25.1 Å². The van der Waals surface area contributed by atoms with Crippen molar-refractivity contribution in [2.75, 3.05) is 18.2 Å². The van der Waals surface area contributed by atoms with Gasteiger partial charge >= 0.3 is 6.03 Å². The van der Waals surface area contributed by atoms with Gasteiger partial charge in [0.1, 0.15) is 11.6 Å². The highest BCUT2D eigenvalue weighted by Crippen LogP contribution is 2.23. The summed E-state index contributed by atoms with van der Waals surface area (Å²) in [6, 6.07) is 8.96. The molecule has 1 saturated heterocycles. The Hall–Kier alpha value is -3.34. The molecule has 0 unspecified atom stereocenters. The minimum atomic E-state index is -0.774. The number of likely N-dealkylation sites (tertiary alicyclic amines) is 1. The Bertz CT molecular complexity index is 1210. The lowest BCUT2D eigenvalue weighted by Crippen LogP contribution is -2.45. The van der Waals surface area contributed by atoms with Gasteiger partial charge in [0, 0.05) is 24.7 Å². The quantitative estimate of drug-likeness (QED) is 0.391. The zero-order valence-corrected chi connectivity index (χ0v) is 18.6. The average molecular weight is 491 g/mol. The van der Waals surface area contributed by atoms with Crippen LogP contribution in [0.25, 0.3) is 10.8 Å². The van der Waals surface area contributed by atoms with E-state index < -0.39 is 29.8 Å². The number of carbonyl (C=O) groups is 2. The van der Waals surface area contributed by atoms with Crippen LogP contribution in [0.5, 0.6) is 0 Å². The predicted molar refractivity (Wildman–Crippen MR) is 121 cm³/mol. The van der Waals surface area contributed by atoms with E-state index in [2.05, 4.69) is 10.3 Å². The molecule has 2 heterocycles. The molecule has 34 heavy (non-hydrogen) atoms. The van der Waals surface area contributed by atoms with Crippen molar-refractivity contribution in [3.8, 4) is 0 Å². The lowest BCUT2D eigenvalue weighted by atomic mass is 10.2. The monoisotopic (exact) mass is 490 g/mol. The lowest BCUT2D eigenvalue weighted by molar-refractivity contribution is -0.114. The number of β-amino-alcohol motifs (C(OH)–C–C–N with tert-alkyl or cyclic N) is 1. The molecule has 178 valence electrons. The summed E-state index contributed by atoms with van der Waals surface area (Å²) < 4.78 is 27.2. The smallest absolute Gasteiger partial charge is 0.318 e. The van der Waals surface area contributed by atoms with Gasteiger partial charge in [-0.05, 0) is 47.7 Å². The van der Waals surface area contributed by atoms with E-state index >= 15 is 0 Å². The summed E-state index contributed by atoms with van der Waals surface area (Å²) >= 11 is 5.93. The number of rotatable bonds is 7. The molecule has 3 aromatic rings. The third kappa shape index (κ3) is 5.24. The highest BCUT2D eigenvalue weighted by molar-refractivity contribution is 6.31. The van der Waals surface area contributed by atoms with Gasteiger partial charge in [-0.3, -0.25) is 9.63 Å². The van der Waals surface area contributed by atoms with Gasteiger partial charge in [-0.1, -0.05) is 23.7 Å². The number of hydroxylamine groups is 1. The number of aliphatic hydroxyl groups excluding tert-OH is 1. The van der Waals surface area contributed by atoms with Crippen LogP contribution in [0.2, 0.25) is 5.02 Å². The van der Waals surface area contributed by atoms with Crippen LogP contribution in [0.3, 0.4) is 0 Å². The number of halogens is 3. The van der Waals surface area contributed by atoms with Crippen molar-refractivity contribution in [1.29, 1.82) is 0 Å². The molecule has 8 nitrogen and oxygen atoms in total. The summed E-state index contributed by atoms with van der Waals surface area (Å²) in [5.74, 6) is -0.872. The van der Waals surface area contributed by atoms with E-state index in [9.17, 15) is 23.5 Å². The number of carbonyl (C=O) groups excluding carboxylic acids is 2. The second-order valence-electron chi connectivity index (χ2n) is 7.83. The molecule has 0 bridgehead atoms. The molecule has 2 aromatic carbocycles. The first-order valence-corrected chi connectivity index (χ1v) is 10.8. The van der Waals surface area contributed by atoms with Crippen LogP contribution in [0.4, 0.5) is 19.4 Å². The molecule has 1 fully saturated rings. The Kier molecular flexibility index (Phi) is 7.20. The number of benzene rings is 2. The Morgan fingerprint density at radius 3 is 2.91 bits per heavy atom. The third-order valence-corrected chi connectivity index (χ3v) is 5.94. The first-order chi connectivity index (χ1) is 16.4. The normalized spacial score (nSPS) is 17.7. The summed E-state index contributed by atoms with van der Waals surface area (Å²) in [4.78, 5) is 35.4. The van der Waals surface area contributed by atoms with Crippen LogP contribution in [0, 0.1) is 11.6 Å². The van der Waals surface area contributed by atoms with E-state index in [-0.39, 0.29) is 37.0 Å². The molecule has 0 aliphatic carbocycles. The van der Waals surface area contributed by atoms with Crippen LogP contribution < -0.4 is 10.4 Å². The van der Waals surface area contributed by atoms with E-state index in [1.807, 2.05) is 0 Å². The minimum Gasteiger partial charge on any atom is -0.391 e. The molecule has 11 heteroatoms. The maximum Gasteiger partial charge on any atom is 0.318 e. The number of pyridine rings is 1. The van der Waals surface area contributed by atoms with Crippen molar-refractivity contribution in [3.63, 3.8) is 0 Å². The Morgan fingerprint density at radius 1 is 1.29 bits per heavy atom. The SMILES string of the molecule is O=CN(OC[C@@H]1C[C@@H](O)CN1C(=O)NCc1cccc(F)c1Cl)c1cc2cc(F)ccc2cn1. The van der Waals surface area contributed by atoms with Gasteiger partial charge in [0.15, 0.2) is 5.82 Å². The first kappa shape index (κ1) is 23.8. The summed E-state index contributed by atoms with van der Waals surface area (Å²) in [5.41, 5.74) is 0.411. The standard InChI is InChI=1S/C23H21ClF2N4O4/c24-22-15(2-1-3-20(22)26)10-28-23(33)29-11-19(32)8-18(29)12-34-30(13-31)21-7-16-6-17(25)5-4-14(16)9-27-21/h1-7,9,13,18-19,32H,8,10-12H2,(H,28,33)/t18-,19+/m0/s1. The number of urea groups is 1. The van der Waals surface area contributed by atoms with E-state index in [0.29, 0.717) is 22.7 Å². The van der Waals surface area contributed by atoms with Crippen molar-refractivity contribution >= 4 is 40.6 Å². The summed E-state index contributed by atoms with van der Waals surface area (Å²) in [7, 11) is 0. The van der Waals surface area contributed by atoms with E-state index in [0.717, 1.165) is 5.06 Å². The zero-order chi connectivity index (χ0) is 24.2. The predicted octanol–water partition coefficient (Wildman–Crippen LogP) is 3.41. The number of aromatic nitrogens is 1. The van der Waals surface area contributed by atoms with Gasteiger partial charge in [0.05, 0.1) is 23.8 Å². The molecule has 0 saturated carbocycles. The Balaban J connectivity index is 1.40. The van der Waals surface area contributed by atoms with Gasteiger partial charge in [0.25, 0.3) is 0 Å². The fourth-order valence-electron chi connectivity index (χ4n) is 3.79. The van der Waals surface area contributed by atoms with Gasteiger partial charge in [-0.15, -0.1) is 0 Å². The lowest BCUT2D eigenvalue weighted by Gasteiger charge is -2.26. The molecule has 4 rings (SSSR count). The number of aliphatic hydroxyl groups is 1. The van der Waals surface area contributed by atoms with Crippen LogP contribution in [-0.4, -0.2) is 52.7 Å².